The predicted molar refractivity (Wildman–Crippen MR) is 121 cm³/mol. The maximum Gasteiger partial charge on any atom is 0.256 e. The van der Waals surface area contributed by atoms with Crippen LogP contribution in [-0.4, -0.2) is 31.6 Å². The van der Waals surface area contributed by atoms with Crippen molar-refractivity contribution in [1.29, 1.82) is 5.26 Å². The first kappa shape index (κ1) is 20.9. The largest absolute Gasteiger partial charge is 0.497 e. The molecule has 0 spiro atoms. The molecule has 0 saturated carbocycles. The third-order valence-corrected chi connectivity index (χ3v) is 6.47. The predicted octanol–water partition coefficient (Wildman–Crippen LogP) is 4.45. The Morgan fingerprint density at radius 3 is 2.52 bits per heavy atom. The highest BCUT2D eigenvalue weighted by atomic mass is 32.1. The number of ether oxygens (including phenoxy) is 2. The average Bonchev–Trinajstić information content (AvgIpc) is 3.15. The van der Waals surface area contributed by atoms with E-state index >= 15 is 0 Å². The Kier molecular flexibility index (Phi) is 6.21. The van der Waals surface area contributed by atoms with Gasteiger partial charge in [-0.3, -0.25) is 9.69 Å². The van der Waals surface area contributed by atoms with Crippen molar-refractivity contribution in [3.05, 3.63) is 75.7 Å². The standard InChI is InChI=1S/C24H23N3O3S/c1-29-18-10-17(11-19(12-18)30-2)23(28)26-24-21(13-25)20-8-9-27(15-22(20)31-24)14-16-6-4-3-5-7-16/h3-7,10-12H,8-9,14-15H2,1-2H3,(H,26,28). The van der Waals surface area contributed by atoms with E-state index in [1.807, 2.05) is 18.2 Å². The van der Waals surface area contributed by atoms with Crippen molar-refractivity contribution in [3.8, 4) is 17.6 Å². The number of hydrogen-bond donors (Lipinski definition) is 1. The Labute approximate surface area is 185 Å². The van der Waals surface area contributed by atoms with Crippen molar-refractivity contribution in [3.63, 3.8) is 0 Å². The first-order valence-corrected chi connectivity index (χ1v) is 10.8. The monoisotopic (exact) mass is 433 g/mol. The summed E-state index contributed by atoms with van der Waals surface area (Å²) >= 11 is 1.49. The highest BCUT2D eigenvalue weighted by Gasteiger charge is 2.25. The third-order valence-electron chi connectivity index (χ3n) is 5.34. The number of benzene rings is 2. The second kappa shape index (κ2) is 9.21. The van der Waals surface area contributed by atoms with E-state index < -0.39 is 0 Å². The minimum absolute atomic E-state index is 0.298. The van der Waals surface area contributed by atoms with E-state index in [9.17, 15) is 10.1 Å². The van der Waals surface area contributed by atoms with E-state index in [0.29, 0.717) is 27.6 Å². The number of nitrogens with one attached hydrogen (secondary N) is 1. The molecule has 0 aliphatic carbocycles. The highest BCUT2D eigenvalue weighted by Crippen LogP contribution is 2.37. The lowest BCUT2D eigenvalue weighted by Crippen LogP contribution is -2.29. The van der Waals surface area contributed by atoms with Crippen LogP contribution in [-0.2, 0) is 19.5 Å². The van der Waals surface area contributed by atoms with Crippen LogP contribution in [0.15, 0.2) is 48.5 Å². The first-order valence-electron chi connectivity index (χ1n) is 9.96. The molecule has 158 valence electrons. The van der Waals surface area contributed by atoms with Gasteiger partial charge in [-0.15, -0.1) is 11.3 Å². The van der Waals surface area contributed by atoms with Crippen LogP contribution in [0.2, 0.25) is 0 Å². The highest BCUT2D eigenvalue weighted by molar-refractivity contribution is 7.16. The minimum atomic E-state index is -0.298. The van der Waals surface area contributed by atoms with Gasteiger partial charge in [-0.25, -0.2) is 0 Å². The number of nitrogens with zero attached hydrogens (tertiary/aromatic N) is 2. The molecule has 1 N–H and O–H groups in total. The molecule has 4 rings (SSSR count). The fourth-order valence-corrected chi connectivity index (χ4v) is 4.99. The zero-order valence-electron chi connectivity index (χ0n) is 17.5. The SMILES string of the molecule is COc1cc(OC)cc(C(=O)Nc2sc3c(c2C#N)CCN(Cc2ccccc2)C3)c1. The third kappa shape index (κ3) is 4.55. The summed E-state index contributed by atoms with van der Waals surface area (Å²) in [6.07, 6.45) is 0.796. The van der Waals surface area contributed by atoms with E-state index in [0.717, 1.165) is 36.5 Å². The van der Waals surface area contributed by atoms with Gasteiger partial charge in [0.05, 0.1) is 19.8 Å². The summed E-state index contributed by atoms with van der Waals surface area (Å²) in [6, 6.07) is 17.7. The van der Waals surface area contributed by atoms with Crippen molar-refractivity contribution in [2.45, 2.75) is 19.5 Å². The van der Waals surface area contributed by atoms with Crippen LogP contribution in [0.3, 0.4) is 0 Å². The van der Waals surface area contributed by atoms with Crippen molar-refractivity contribution in [2.75, 3.05) is 26.1 Å². The summed E-state index contributed by atoms with van der Waals surface area (Å²) < 4.78 is 10.5. The molecule has 0 radical (unpaired) electrons. The lowest BCUT2D eigenvalue weighted by molar-refractivity contribution is 0.102. The number of amides is 1. The number of rotatable bonds is 6. The van der Waals surface area contributed by atoms with Crippen molar-refractivity contribution < 1.29 is 14.3 Å². The van der Waals surface area contributed by atoms with Gasteiger partial charge in [0.15, 0.2) is 0 Å². The molecular weight excluding hydrogens is 410 g/mol. The smallest absolute Gasteiger partial charge is 0.256 e. The Morgan fingerprint density at radius 1 is 1.16 bits per heavy atom. The van der Waals surface area contributed by atoms with Crippen LogP contribution in [0.4, 0.5) is 5.00 Å². The number of hydrogen-bond acceptors (Lipinski definition) is 6. The van der Waals surface area contributed by atoms with Crippen LogP contribution >= 0.6 is 11.3 Å². The topological polar surface area (TPSA) is 74.6 Å². The van der Waals surface area contributed by atoms with Gasteiger partial charge >= 0.3 is 0 Å². The molecule has 2 heterocycles. The van der Waals surface area contributed by atoms with Gasteiger partial charge in [-0.05, 0) is 29.7 Å². The fourth-order valence-electron chi connectivity index (χ4n) is 3.75. The summed E-state index contributed by atoms with van der Waals surface area (Å²) in [7, 11) is 3.08. The fraction of sp³-hybridized carbons (Fsp3) is 0.250. The molecular formula is C24H23N3O3S. The quantitative estimate of drug-likeness (QED) is 0.622. The molecule has 0 saturated heterocycles. The molecule has 0 fully saturated rings. The van der Waals surface area contributed by atoms with Gasteiger partial charge in [0.2, 0.25) is 0 Å². The maximum absolute atomic E-state index is 12.9. The molecule has 1 aliphatic rings. The second-order valence-corrected chi connectivity index (χ2v) is 8.43. The number of anilines is 1. The Balaban J connectivity index is 1.54. The number of carbonyl (C=O) groups excluding carboxylic acids is 1. The van der Waals surface area contributed by atoms with Crippen molar-refractivity contribution in [2.24, 2.45) is 0 Å². The molecule has 3 aromatic rings. The van der Waals surface area contributed by atoms with Crippen molar-refractivity contribution in [1.82, 2.24) is 4.90 Å². The molecule has 1 aromatic heterocycles. The van der Waals surface area contributed by atoms with Gasteiger partial charge in [0.1, 0.15) is 22.6 Å². The van der Waals surface area contributed by atoms with Crippen LogP contribution in [0.5, 0.6) is 11.5 Å². The second-order valence-electron chi connectivity index (χ2n) is 7.32. The first-order chi connectivity index (χ1) is 15.1. The molecule has 31 heavy (non-hydrogen) atoms. The van der Waals surface area contributed by atoms with Crippen LogP contribution < -0.4 is 14.8 Å². The molecule has 0 atom stereocenters. The van der Waals surface area contributed by atoms with Gasteiger partial charge < -0.3 is 14.8 Å². The van der Waals surface area contributed by atoms with Gasteiger partial charge in [0.25, 0.3) is 5.91 Å². The normalized spacial score (nSPS) is 13.2. The average molecular weight is 434 g/mol. The van der Waals surface area contributed by atoms with Crippen molar-refractivity contribution >= 4 is 22.2 Å². The van der Waals surface area contributed by atoms with Gasteiger partial charge in [-0.2, -0.15) is 5.26 Å². The molecule has 0 bridgehead atoms. The van der Waals surface area contributed by atoms with E-state index in [1.165, 1.54) is 16.9 Å². The van der Waals surface area contributed by atoms with Crippen LogP contribution in [0.25, 0.3) is 0 Å². The lowest BCUT2D eigenvalue weighted by atomic mass is 10.0. The summed E-state index contributed by atoms with van der Waals surface area (Å²) in [5.74, 6) is 0.771. The Morgan fingerprint density at radius 2 is 1.87 bits per heavy atom. The zero-order valence-corrected chi connectivity index (χ0v) is 18.3. The van der Waals surface area contributed by atoms with Crippen LogP contribution in [0, 0.1) is 11.3 Å². The zero-order chi connectivity index (χ0) is 21.8. The van der Waals surface area contributed by atoms with Crippen LogP contribution in [0.1, 0.15) is 31.9 Å². The summed E-state index contributed by atoms with van der Waals surface area (Å²) in [5.41, 5.74) is 3.30. The number of thiophene rings is 1. The molecule has 7 heteroatoms. The van der Waals surface area contributed by atoms with E-state index in [2.05, 4.69) is 28.4 Å². The molecule has 1 amide bonds. The number of methoxy groups -OCH3 is 2. The number of carbonyl (C=O) groups is 1. The van der Waals surface area contributed by atoms with Gasteiger partial charge in [-0.1, -0.05) is 30.3 Å². The molecule has 1 aliphatic heterocycles. The summed E-state index contributed by atoms with van der Waals surface area (Å²) in [5, 5.41) is 13.3. The molecule has 0 unspecified atom stereocenters. The molecule has 2 aromatic carbocycles. The Hall–Kier alpha value is -3.34. The number of fused-ring (bicyclic) bond motifs is 1. The lowest BCUT2D eigenvalue weighted by Gasteiger charge is -2.26. The van der Waals surface area contributed by atoms with E-state index in [1.54, 1.807) is 32.4 Å². The minimum Gasteiger partial charge on any atom is -0.497 e. The Bertz CT molecular complexity index is 1110. The van der Waals surface area contributed by atoms with Gasteiger partial charge in [0, 0.05) is 36.1 Å². The number of nitriles is 1. The maximum atomic E-state index is 12.9. The summed E-state index contributed by atoms with van der Waals surface area (Å²) in [4.78, 5) is 16.4. The van der Waals surface area contributed by atoms with E-state index in [4.69, 9.17) is 9.47 Å². The van der Waals surface area contributed by atoms with E-state index in [-0.39, 0.29) is 5.91 Å². The molecule has 6 nitrogen and oxygen atoms in total. The summed E-state index contributed by atoms with van der Waals surface area (Å²) in [6.45, 7) is 2.52.